The van der Waals surface area contributed by atoms with Crippen molar-refractivity contribution in [2.75, 3.05) is 0 Å². The highest BCUT2D eigenvalue weighted by Crippen LogP contribution is 2.27. The summed E-state index contributed by atoms with van der Waals surface area (Å²) in [7, 11) is 0. The van der Waals surface area contributed by atoms with Crippen molar-refractivity contribution in [3.05, 3.63) is 47.1 Å². The molecule has 0 bridgehead atoms. The summed E-state index contributed by atoms with van der Waals surface area (Å²) in [6.45, 7) is 0. The van der Waals surface area contributed by atoms with Crippen molar-refractivity contribution < 1.29 is 27.8 Å². The van der Waals surface area contributed by atoms with Gasteiger partial charge in [0.05, 0.1) is 11.3 Å². The van der Waals surface area contributed by atoms with E-state index in [0.717, 1.165) is 12.1 Å². The van der Waals surface area contributed by atoms with Crippen molar-refractivity contribution >= 4 is 17.6 Å². The molecule has 0 amide bonds. The first kappa shape index (κ1) is 15.1. The summed E-state index contributed by atoms with van der Waals surface area (Å²) in [4.78, 5) is 14.7. The lowest BCUT2D eigenvalue weighted by Crippen LogP contribution is -2.16. The van der Waals surface area contributed by atoms with Gasteiger partial charge in [0.2, 0.25) is 0 Å². The average Bonchev–Trinajstić information content (AvgIpc) is 2.37. The molecule has 0 unspecified atom stereocenters. The van der Waals surface area contributed by atoms with Crippen molar-refractivity contribution in [2.45, 2.75) is 6.36 Å². The number of aromatic nitrogens is 1. The molecule has 8 heteroatoms. The van der Waals surface area contributed by atoms with Crippen molar-refractivity contribution in [1.29, 1.82) is 0 Å². The molecule has 0 fully saturated rings. The summed E-state index contributed by atoms with van der Waals surface area (Å²) in [5.74, 6) is -1.58. The van der Waals surface area contributed by atoms with Crippen LogP contribution < -0.4 is 4.74 Å². The van der Waals surface area contributed by atoms with Crippen LogP contribution in [0.15, 0.2) is 36.4 Å². The van der Waals surface area contributed by atoms with Gasteiger partial charge in [-0.15, -0.1) is 13.2 Å². The van der Waals surface area contributed by atoms with Crippen molar-refractivity contribution in [3.63, 3.8) is 0 Å². The lowest BCUT2D eigenvalue weighted by atomic mass is 10.1. The Morgan fingerprint density at radius 1 is 1.14 bits per heavy atom. The Bertz CT molecular complexity index is 671. The molecular formula is C13H7ClF3NO3. The van der Waals surface area contributed by atoms with Gasteiger partial charge in [-0.3, -0.25) is 0 Å². The minimum absolute atomic E-state index is 0.155. The SMILES string of the molecule is O=C(O)c1ccc(-c2ccc(OC(F)(F)F)cc2)nc1Cl. The average molecular weight is 318 g/mol. The Morgan fingerprint density at radius 2 is 1.76 bits per heavy atom. The Labute approximate surface area is 121 Å². The molecule has 0 radical (unpaired) electrons. The molecule has 0 atom stereocenters. The lowest BCUT2D eigenvalue weighted by Gasteiger charge is -2.09. The minimum Gasteiger partial charge on any atom is -0.478 e. The number of pyridine rings is 1. The number of hydrogen-bond donors (Lipinski definition) is 1. The molecule has 0 aliphatic carbocycles. The van der Waals surface area contributed by atoms with Crippen LogP contribution in [0.1, 0.15) is 10.4 Å². The quantitative estimate of drug-likeness (QED) is 0.869. The normalized spacial score (nSPS) is 11.2. The second kappa shape index (κ2) is 5.61. The number of nitrogens with zero attached hydrogens (tertiary/aromatic N) is 1. The fourth-order valence-corrected chi connectivity index (χ4v) is 1.82. The molecule has 1 N–H and O–H groups in total. The van der Waals surface area contributed by atoms with Gasteiger partial charge in [-0.25, -0.2) is 9.78 Å². The molecule has 2 rings (SSSR count). The Hall–Kier alpha value is -2.28. The standard InChI is InChI=1S/C13H7ClF3NO3/c14-11-9(12(19)20)5-6-10(18-11)7-1-3-8(4-2-7)21-13(15,16)17/h1-6H,(H,19,20). The second-order valence-electron chi connectivity index (χ2n) is 3.91. The van der Waals surface area contributed by atoms with Gasteiger partial charge in [0.15, 0.2) is 0 Å². The van der Waals surface area contributed by atoms with Gasteiger partial charge in [-0.1, -0.05) is 11.6 Å². The summed E-state index contributed by atoms with van der Waals surface area (Å²) < 4.78 is 39.8. The fourth-order valence-electron chi connectivity index (χ4n) is 1.58. The number of rotatable bonds is 3. The first-order valence-corrected chi connectivity index (χ1v) is 5.90. The van der Waals surface area contributed by atoms with E-state index in [2.05, 4.69) is 9.72 Å². The van der Waals surface area contributed by atoms with Crippen LogP contribution in [0.25, 0.3) is 11.3 Å². The molecule has 0 saturated heterocycles. The van der Waals surface area contributed by atoms with Crippen molar-refractivity contribution in [3.8, 4) is 17.0 Å². The van der Waals surface area contributed by atoms with E-state index in [1.165, 1.54) is 24.3 Å². The molecule has 1 aromatic carbocycles. The van der Waals surface area contributed by atoms with Gasteiger partial charge in [-0.05, 0) is 36.4 Å². The van der Waals surface area contributed by atoms with E-state index in [9.17, 15) is 18.0 Å². The summed E-state index contributed by atoms with van der Waals surface area (Å²) in [5, 5.41) is 8.63. The highest BCUT2D eigenvalue weighted by molar-refractivity contribution is 6.32. The predicted molar refractivity (Wildman–Crippen MR) is 68.3 cm³/mol. The van der Waals surface area contributed by atoms with Crippen LogP contribution in [-0.4, -0.2) is 22.4 Å². The molecule has 0 spiro atoms. The van der Waals surface area contributed by atoms with Crippen LogP contribution in [-0.2, 0) is 0 Å². The number of carboxylic acids is 1. The van der Waals surface area contributed by atoms with Crippen LogP contribution in [0.4, 0.5) is 13.2 Å². The predicted octanol–water partition coefficient (Wildman–Crippen LogP) is 4.00. The highest BCUT2D eigenvalue weighted by Gasteiger charge is 2.30. The van der Waals surface area contributed by atoms with Crippen molar-refractivity contribution in [1.82, 2.24) is 4.98 Å². The molecule has 1 aromatic heterocycles. The number of carbonyl (C=O) groups is 1. The third-order valence-electron chi connectivity index (χ3n) is 2.46. The van der Waals surface area contributed by atoms with Gasteiger partial charge >= 0.3 is 12.3 Å². The first-order valence-electron chi connectivity index (χ1n) is 5.52. The molecule has 0 saturated carbocycles. The number of ether oxygens (including phenoxy) is 1. The maximum Gasteiger partial charge on any atom is 0.573 e. The zero-order valence-electron chi connectivity index (χ0n) is 10.2. The molecule has 21 heavy (non-hydrogen) atoms. The van der Waals surface area contributed by atoms with E-state index < -0.39 is 12.3 Å². The topological polar surface area (TPSA) is 59.4 Å². The number of carboxylic acid groups (broad SMARTS) is 1. The largest absolute Gasteiger partial charge is 0.573 e. The number of halogens is 4. The highest BCUT2D eigenvalue weighted by atomic mass is 35.5. The van der Waals surface area contributed by atoms with E-state index in [1.807, 2.05) is 0 Å². The zero-order chi connectivity index (χ0) is 15.6. The van der Waals surface area contributed by atoms with Gasteiger partial charge in [0.1, 0.15) is 10.9 Å². The molecule has 0 aliphatic rings. The minimum atomic E-state index is -4.76. The Balaban J connectivity index is 2.27. The van der Waals surface area contributed by atoms with Gasteiger partial charge < -0.3 is 9.84 Å². The fraction of sp³-hybridized carbons (Fsp3) is 0.0769. The maximum atomic E-state index is 12.0. The zero-order valence-corrected chi connectivity index (χ0v) is 10.9. The van der Waals surface area contributed by atoms with E-state index >= 15 is 0 Å². The Morgan fingerprint density at radius 3 is 2.24 bits per heavy atom. The van der Waals surface area contributed by atoms with Crippen LogP contribution in [0.5, 0.6) is 5.75 Å². The monoisotopic (exact) mass is 317 g/mol. The van der Waals surface area contributed by atoms with E-state index in [1.54, 1.807) is 0 Å². The summed E-state index contributed by atoms with van der Waals surface area (Å²) in [6.07, 6.45) is -4.76. The molecule has 110 valence electrons. The van der Waals surface area contributed by atoms with Crippen molar-refractivity contribution in [2.24, 2.45) is 0 Å². The van der Waals surface area contributed by atoms with E-state index in [4.69, 9.17) is 16.7 Å². The first-order chi connectivity index (χ1) is 9.76. The number of hydrogen-bond acceptors (Lipinski definition) is 3. The van der Waals surface area contributed by atoms with Crippen LogP contribution in [0.3, 0.4) is 0 Å². The van der Waals surface area contributed by atoms with Crippen LogP contribution >= 0.6 is 11.6 Å². The number of aromatic carboxylic acids is 1. The molecule has 1 heterocycles. The lowest BCUT2D eigenvalue weighted by molar-refractivity contribution is -0.274. The smallest absolute Gasteiger partial charge is 0.478 e. The molecular weight excluding hydrogens is 311 g/mol. The summed E-state index contributed by atoms with van der Waals surface area (Å²) in [6, 6.07) is 7.66. The Kier molecular flexibility index (Phi) is 4.04. The number of alkyl halides is 3. The summed E-state index contributed by atoms with van der Waals surface area (Å²) in [5.41, 5.74) is 0.657. The van der Waals surface area contributed by atoms with Crippen LogP contribution in [0, 0.1) is 0 Å². The van der Waals surface area contributed by atoms with Gasteiger partial charge in [0, 0.05) is 5.56 Å². The third-order valence-corrected chi connectivity index (χ3v) is 2.75. The van der Waals surface area contributed by atoms with E-state index in [0.29, 0.717) is 11.3 Å². The van der Waals surface area contributed by atoms with Gasteiger partial charge in [-0.2, -0.15) is 0 Å². The van der Waals surface area contributed by atoms with E-state index in [-0.39, 0.29) is 16.5 Å². The molecule has 4 nitrogen and oxygen atoms in total. The maximum absolute atomic E-state index is 12.0. The second-order valence-corrected chi connectivity index (χ2v) is 4.27. The molecule has 2 aromatic rings. The summed E-state index contributed by atoms with van der Waals surface area (Å²) >= 11 is 5.73. The molecule has 0 aliphatic heterocycles. The van der Waals surface area contributed by atoms with Gasteiger partial charge in [0.25, 0.3) is 0 Å². The number of benzene rings is 1. The van der Waals surface area contributed by atoms with Crippen LogP contribution in [0.2, 0.25) is 5.15 Å². The third kappa shape index (κ3) is 3.85.